The molecule has 2 aromatic carbocycles. The zero-order valence-corrected chi connectivity index (χ0v) is 11.0. The van der Waals surface area contributed by atoms with Crippen LogP contribution in [0.5, 0.6) is 0 Å². The third kappa shape index (κ3) is 2.62. The van der Waals surface area contributed by atoms with Crippen LogP contribution in [0.2, 0.25) is 0 Å². The number of carbonyl (C=O) groups is 2. The Labute approximate surface area is 117 Å². The van der Waals surface area contributed by atoms with Gasteiger partial charge in [-0.3, -0.25) is 9.59 Å². The predicted octanol–water partition coefficient (Wildman–Crippen LogP) is 3.27. The van der Waals surface area contributed by atoms with Gasteiger partial charge in [0.05, 0.1) is 5.69 Å². The minimum Gasteiger partial charge on any atom is -0.325 e. The monoisotopic (exact) mass is 265 g/mol. The molecule has 0 radical (unpaired) electrons. The van der Waals surface area contributed by atoms with Gasteiger partial charge in [-0.25, -0.2) is 0 Å². The predicted molar refractivity (Wildman–Crippen MR) is 77.7 cm³/mol. The lowest BCUT2D eigenvalue weighted by Crippen LogP contribution is -2.16. The first-order chi connectivity index (χ1) is 9.75. The van der Waals surface area contributed by atoms with Crippen molar-refractivity contribution in [3.8, 4) is 0 Å². The molecular weight excluding hydrogens is 250 g/mol. The minimum atomic E-state index is -0.0719. The van der Waals surface area contributed by atoms with Crippen LogP contribution in [0.25, 0.3) is 0 Å². The number of hydrogen-bond acceptors (Lipinski definition) is 2. The average molecular weight is 265 g/mol. The van der Waals surface area contributed by atoms with Gasteiger partial charge in [0.15, 0.2) is 5.78 Å². The summed E-state index contributed by atoms with van der Waals surface area (Å²) in [5.41, 5.74) is 1.76. The Morgan fingerprint density at radius 1 is 0.900 bits per heavy atom. The molecule has 20 heavy (non-hydrogen) atoms. The second-order valence-electron chi connectivity index (χ2n) is 5.00. The van der Waals surface area contributed by atoms with E-state index in [1.165, 1.54) is 0 Å². The summed E-state index contributed by atoms with van der Waals surface area (Å²) in [5, 5.41) is 2.86. The molecule has 2 aromatic rings. The number of hydrogen-bond donors (Lipinski definition) is 1. The van der Waals surface area contributed by atoms with Crippen molar-refractivity contribution >= 4 is 17.4 Å². The van der Waals surface area contributed by atoms with Gasteiger partial charge >= 0.3 is 0 Å². The molecule has 0 bridgehead atoms. The van der Waals surface area contributed by atoms with Crippen LogP contribution in [0.15, 0.2) is 54.6 Å². The summed E-state index contributed by atoms with van der Waals surface area (Å²) < 4.78 is 0. The summed E-state index contributed by atoms with van der Waals surface area (Å²) >= 11 is 0. The van der Waals surface area contributed by atoms with E-state index in [-0.39, 0.29) is 17.6 Å². The maximum absolute atomic E-state index is 12.5. The lowest BCUT2D eigenvalue weighted by Gasteiger charge is -2.10. The number of carbonyl (C=O) groups excluding carboxylic acids is 2. The van der Waals surface area contributed by atoms with Crippen molar-refractivity contribution in [2.24, 2.45) is 5.92 Å². The highest BCUT2D eigenvalue weighted by atomic mass is 16.2. The van der Waals surface area contributed by atoms with E-state index in [4.69, 9.17) is 0 Å². The number of nitrogens with one attached hydrogen (secondary N) is 1. The standard InChI is InChI=1S/C17H15NO2/c19-16(12-6-2-1-3-7-12)14-8-4-5-9-15(14)18-17(20)13-10-11-13/h1-9,13H,10-11H2,(H,18,20). The summed E-state index contributed by atoms with van der Waals surface area (Å²) in [6, 6.07) is 16.2. The fourth-order valence-electron chi connectivity index (χ4n) is 2.12. The van der Waals surface area contributed by atoms with Crippen LogP contribution in [0.3, 0.4) is 0 Å². The van der Waals surface area contributed by atoms with E-state index >= 15 is 0 Å². The molecule has 1 aliphatic rings. The number of anilines is 1. The molecule has 1 saturated carbocycles. The van der Waals surface area contributed by atoms with Crippen LogP contribution in [-0.4, -0.2) is 11.7 Å². The molecule has 1 fully saturated rings. The fraction of sp³-hybridized carbons (Fsp3) is 0.176. The van der Waals surface area contributed by atoms with Crippen LogP contribution in [0.4, 0.5) is 5.69 Å². The molecule has 0 unspecified atom stereocenters. The summed E-state index contributed by atoms with van der Waals surface area (Å²) in [4.78, 5) is 24.3. The fourth-order valence-corrected chi connectivity index (χ4v) is 2.12. The van der Waals surface area contributed by atoms with Crippen molar-refractivity contribution in [3.05, 3.63) is 65.7 Å². The van der Waals surface area contributed by atoms with Gasteiger partial charge < -0.3 is 5.32 Å². The average Bonchev–Trinajstić information content (AvgIpc) is 3.33. The normalized spacial score (nSPS) is 13.8. The molecule has 100 valence electrons. The first-order valence-corrected chi connectivity index (χ1v) is 6.75. The van der Waals surface area contributed by atoms with Crippen molar-refractivity contribution in [2.45, 2.75) is 12.8 Å². The van der Waals surface area contributed by atoms with Gasteiger partial charge in [-0.2, -0.15) is 0 Å². The Kier molecular flexibility index (Phi) is 3.33. The van der Waals surface area contributed by atoms with Crippen molar-refractivity contribution in [1.29, 1.82) is 0 Å². The molecule has 0 aromatic heterocycles. The highest BCUT2D eigenvalue weighted by Gasteiger charge is 2.30. The maximum Gasteiger partial charge on any atom is 0.227 e. The van der Waals surface area contributed by atoms with Crippen molar-refractivity contribution in [2.75, 3.05) is 5.32 Å². The topological polar surface area (TPSA) is 46.2 Å². The van der Waals surface area contributed by atoms with Crippen LogP contribution >= 0.6 is 0 Å². The van der Waals surface area contributed by atoms with Crippen LogP contribution in [0.1, 0.15) is 28.8 Å². The first kappa shape index (κ1) is 12.6. The Morgan fingerprint density at radius 3 is 2.25 bits per heavy atom. The molecule has 0 atom stereocenters. The SMILES string of the molecule is O=C(c1ccccc1)c1ccccc1NC(=O)C1CC1. The van der Waals surface area contributed by atoms with Gasteiger partial charge in [0.25, 0.3) is 0 Å². The lowest BCUT2D eigenvalue weighted by molar-refractivity contribution is -0.117. The van der Waals surface area contributed by atoms with Crippen molar-refractivity contribution < 1.29 is 9.59 Å². The maximum atomic E-state index is 12.5. The van der Waals surface area contributed by atoms with Crippen LogP contribution in [0, 0.1) is 5.92 Å². The summed E-state index contributed by atoms with van der Waals surface area (Å²) in [6.07, 6.45) is 1.89. The van der Waals surface area contributed by atoms with Gasteiger partial charge in [0.1, 0.15) is 0 Å². The molecule has 3 heteroatoms. The van der Waals surface area contributed by atoms with Gasteiger partial charge in [-0.05, 0) is 25.0 Å². The van der Waals surface area contributed by atoms with Gasteiger partial charge in [0.2, 0.25) is 5.91 Å². The highest BCUT2D eigenvalue weighted by Crippen LogP contribution is 2.31. The van der Waals surface area contributed by atoms with E-state index in [9.17, 15) is 9.59 Å². The summed E-state index contributed by atoms with van der Waals surface area (Å²) in [5.74, 6) is 0.0606. The van der Waals surface area contributed by atoms with E-state index in [0.717, 1.165) is 12.8 Å². The lowest BCUT2D eigenvalue weighted by atomic mass is 10.0. The third-order valence-corrected chi connectivity index (χ3v) is 3.41. The zero-order valence-electron chi connectivity index (χ0n) is 11.0. The quantitative estimate of drug-likeness (QED) is 0.862. The van der Waals surface area contributed by atoms with Gasteiger partial charge in [-0.1, -0.05) is 42.5 Å². The van der Waals surface area contributed by atoms with E-state index in [1.807, 2.05) is 30.3 Å². The third-order valence-electron chi connectivity index (χ3n) is 3.41. The minimum absolute atomic E-state index is 0.0123. The molecule has 0 spiro atoms. The van der Waals surface area contributed by atoms with Gasteiger partial charge in [0, 0.05) is 17.0 Å². The molecule has 0 heterocycles. The molecule has 3 nitrogen and oxygen atoms in total. The molecule has 0 aliphatic heterocycles. The Bertz CT molecular complexity index is 645. The summed E-state index contributed by atoms with van der Waals surface area (Å²) in [7, 11) is 0. The van der Waals surface area contributed by atoms with Crippen molar-refractivity contribution in [1.82, 2.24) is 0 Å². The highest BCUT2D eigenvalue weighted by molar-refractivity contribution is 6.14. The summed E-state index contributed by atoms with van der Waals surface area (Å²) in [6.45, 7) is 0. The molecule has 1 amide bonds. The smallest absolute Gasteiger partial charge is 0.227 e. The zero-order chi connectivity index (χ0) is 13.9. The molecular formula is C17H15NO2. The number of benzene rings is 2. The van der Waals surface area contributed by atoms with E-state index in [0.29, 0.717) is 16.8 Å². The Balaban J connectivity index is 1.89. The number of amides is 1. The first-order valence-electron chi connectivity index (χ1n) is 6.75. The molecule has 0 saturated heterocycles. The number of ketones is 1. The van der Waals surface area contributed by atoms with Crippen molar-refractivity contribution in [3.63, 3.8) is 0 Å². The van der Waals surface area contributed by atoms with E-state index in [1.54, 1.807) is 24.3 Å². The Morgan fingerprint density at radius 2 is 1.55 bits per heavy atom. The molecule has 1 N–H and O–H groups in total. The largest absolute Gasteiger partial charge is 0.325 e. The van der Waals surface area contributed by atoms with Crippen LogP contribution in [-0.2, 0) is 4.79 Å². The Hall–Kier alpha value is -2.42. The second-order valence-corrected chi connectivity index (χ2v) is 5.00. The second kappa shape index (κ2) is 5.29. The molecule has 3 rings (SSSR count). The number of rotatable bonds is 4. The van der Waals surface area contributed by atoms with Crippen LogP contribution < -0.4 is 5.32 Å². The van der Waals surface area contributed by atoms with E-state index < -0.39 is 0 Å². The molecule has 1 aliphatic carbocycles. The number of para-hydroxylation sites is 1. The van der Waals surface area contributed by atoms with Gasteiger partial charge in [-0.15, -0.1) is 0 Å². The van der Waals surface area contributed by atoms with E-state index in [2.05, 4.69) is 5.32 Å².